The summed E-state index contributed by atoms with van der Waals surface area (Å²) in [6.07, 6.45) is -4.58. The van der Waals surface area contributed by atoms with E-state index in [1.54, 1.807) is 55.4 Å². The van der Waals surface area contributed by atoms with Gasteiger partial charge in [0.15, 0.2) is 0 Å². The molecule has 556 valence electrons. The molecule has 1 saturated heterocycles. The number of benzene rings is 1. The van der Waals surface area contributed by atoms with Crippen LogP contribution in [0.2, 0.25) is 5.02 Å². The molecule has 1 heterocycles. The van der Waals surface area contributed by atoms with Gasteiger partial charge in [0.1, 0.15) is 48.4 Å². The lowest BCUT2D eigenvalue weighted by molar-refractivity contribution is -0.150. The molecule has 0 aromatic heterocycles. The molecule has 0 radical (unpaired) electrons. The van der Waals surface area contributed by atoms with Gasteiger partial charge in [0, 0.05) is 73.4 Å². The Balaban J connectivity index is 2.94. The number of halogens is 4. The SMILES string of the molecule is CC[C@H](C)[C@@H]1NC(=O)[C@H](COCC(=O)NC(C)(C)C)N(C)C(=O)C[C@@H](C)NC(=O)[C@H](CC(C)C)N(C)C(=O)C(C)(C)NC(=O)[C@H](CC(C)C)N(C)C(=O)[C@H](CCc2ccc(C(F)(F)F)c(Cl)c2)NC(=O)CN(C)C(=O)[C@H](COCCC(C)C)N(C)C(=O)CN(C)C(=O)CN(CC)C1=O. The number of likely N-dealkylation sites (N-methyl/N-ethyl adjacent to an activating group) is 7. The zero-order chi connectivity index (χ0) is 75.2. The molecule has 5 N–H and O–H groups in total. The lowest BCUT2D eigenvalue weighted by Gasteiger charge is -2.38. The Morgan fingerprint density at radius 1 is 0.663 bits per heavy atom. The van der Waals surface area contributed by atoms with Crippen LogP contribution in [-0.2, 0) is 79.6 Å². The van der Waals surface area contributed by atoms with E-state index >= 15 is 0 Å². The summed E-state index contributed by atoms with van der Waals surface area (Å²) in [5.74, 6) is -9.84. The molecule has 12 amide bonds. The highest BCUT2D eigenvalue weighted by atomic mass is 35.5. The normalized spacial score (nSPS) is 23.0. The monoisotopic (exact) mass is 1410 g/mol. The standard InChI is InChI=1S/C68H112ClF3N12O14/c1-22-43(9)58-64(95)84(23-2)36-56(88)78(16)35-57(89)81(19)52(38-97-29-28-40(3)4)63(94)79(17)34-53(85)74-48(27-25-45-24-26-46(47(69)33-45)68(70,71)72)62(93)82(20)50(31-42(7)8)61(92)77-67(14,15)65(96)83(21)49(30-41(5)6)59(90)73-44(10)32-55(87)80(18)51(60(91)75-58)37-98-39-54(86)76-66(11,12)13/h24,26,33,40-44,48-52,58H,22-23,25,27-32,34-39H2,1-21H3,(H,73,90)(H,74,85)(H,75,91)(H,76,86)(H,77,92)/t43-,44+,48-,49-,50-,51-,52-,58-/m0/s1. The molecule has 1 aliphatic rings. The van der Waals surface area contributed by atoms with Crippen molar-refractivity contribution in [3.05, 3.63) is 34.3 Å². The Kier molecular flexibility index (Phi) is 34.6. The van der Waals surface area contributed by atoms with E-state index in [0.717, 1.165) is 36.6 Å². The van der Waals surface area contributed by atoms with Crippen LogP contribution >= 0.6 is 11.6 Å². The van der Waals surface area contributed by atoms with Gasteiger partial charge >= 0.3 is 6.18 Å². The molecule has 0 saturated carbocycles. The first-order valence-corrected chi connectivity index (χ1v) is 33.9. The van der Waals surface area contributed by atoms with Crippen molar-refractivity contribution in [1.29, 1.82) is 0 Å². The van der Waals surface area contributed by atoms with Crippen LogP contribution in [0.4, 0.5) is 13.2 Å². The van der Waals surface area contributed by atoms with E-state index in [-0.39, 0.29) is 68.8 Å². The smallest absolute Gasteiger partial charge is 0.379 e. The van der Waals surface area contributed by atoms with Gasteiger partial charge in [0.05, 0.1) is 43.4 Å². The van der Waals surface area contributed by atoms with Crippen LogP contribution in [0.1, 0.15) is 154 Å². The largest absolute Gasteiger partial charge is 0.417 e. The molecule has 1 aliphatic heterocycles. The van der Waals surface area contributed by atoms with Crippen LogP contribution in [0.15, 0.2) is 18.2 Å². The van der Waals surface area contributed by atoms with Crippen LogP contribution in [-0.4, -0.2) is 253 Å². The molecule has 0 spiro atoms. The first-order chi connectivity index (χ1) is 45.2. The summed E-state index contributed by atoms with van der Waals surface area (Å²) in [6.45, 7) is 22.6. The van der Waals surface area contributed by atoms with Crippen LogP contribution in [0, 0.1) is 23.7 Å². The minimum Gasteiger partial charge on any atom is -0.379 e. The van der Waals surface area contributed by atoms with Crippen LogP contribution < -0.4 is 26.6 Å². The lowest BCUT2D eigenvalue weighted by atomic mass is 9.95. The Labute approximate surface area is 582 Å². The maximum absolute atomic E-state index is 15.0. The number of nitrogens with zero attached hydrogens (tertiary/aromatic N) is 7. The number of rotatable bonds is 19. The van der Waals surface area contributed by atoms with Gasteiger partial charge in [0.25, 0.3) is 0 Å². The highest BCUT2D eigenvalue weighted by molar-refractivity contribution is 6.31. The molecule has 0 bridgehead atoms. The van der Waals surface area contributed by atoms with Crippen LogP contribution in [0.3, 0.4) is 0 Å². The van der Waals surface area contributed by atoms with Crippen molar-refractivity contribution in [3.63, 3.8) is 0 Å². The number of hydrogen-bond acceptors (Lipinski definition) is 14. The van der Waals surface area contributed by atoms with Crippen molar-refractivity contribution in [2.75, 3.05) is 94.9 Å². The fourth-order valence-electron chi connectivity index (χ4n) is 10.8. The summed E-state index contributed by atoms with van der Waals surface area (Å²) < 4.78 is 53.1. The molecule has 2 rings (SSSR count). The zero-order valence-electron chi connectivity index (χ0n) is 61.5. The van der Waals surface area contributed by atoms with Gasteiger partial charge in [-0.05, 0) is 122 Å². The molecule has 1 aromatic rings. The van der Waals surface area contributed by atoms with E-state index in [2.05, 4.69) is 26.6 Å². The minimum absolute atomic E-state index is 0.00405. The molecule has 30 heteroatoms. The second-order valence-electron chi connectivity index (χ2n) is 28.6. The van der Waals surface area contributed by atoms with Crippen molar-refractivity contribution in [2.24, 2.45) is 23.7 Å². The number of carbonyl (C=O) groups is 12. The van der Waals surface area contributed by atoms with E-state index in [1.807, 2.05) is 27.7 Å². The fourth-order valence-corrected chi connectivity index (χ4v) is 11.1. The number of carbonyl (C=O) groups excluding carboxylic acids is 12. The minimum atomic E-state index is -4.78. The van der Waals surface area contributed by atoms with E-state index < -0.39 is 186 Å². The first kappa shape index (κ1) is 86.9. The van der Waals surface area contributed by atoms with Crippen LogP contribution in [0.25, 0.3) is 0 Å². The van der Waals surface area contributed by atoms with Gasteiger partial charge in [0.2, 0.25) is 70.9 Å². The molecule has 1 fully saturated rings. The molecular formula is C68H112ClF3N12O14. The first-order valence-electron chi connectivity index (χ1n) is 33.6. The highest BCUT2D eigenvalue weighted by Gasteiger charge is 2.43. The second kappa shape index (κ2) is 39.0. The van der Waals surface area contributed by atoms with E-state index in [4.69, 9.17) is 21.1 Å². The van der Waals surface area contributed by atoms with E-state index in [1.165, 1.54) is 78.9 Å². The third kappa shape index (κ3) is 27.5. The topological polar surface area (TPSA) is 306 Å². The molecule has 26 nitrogen and oxygen atoms in total. The maximum Gasteiger partial charge on any atom is 0.417 e. The number of alkyl halides is 3. The summed E-state index contributed by atoms with van der Waals surface area (Å²) in [5, 5.41) is 13.2. The van der Waals surface area contributed by atoms with Crippen molar-refractivity contribution in [3.8, 4) is 0 Å². The number of nitrogens with one attached hydrogen (secondary N) is 5. The van der Waals surface area contributed by atoms with Gasteiger partial charge in [-0.1, -0.05) is 79.5 Å². The summed E-state index contributed by atoms with van der Waals surface area (Å²) in [6, 6.07) is -6.14. The molecule has 0 unspecified atom stereocenters. The Morgan fingerprint density at radius 2 is 1.22 bits per heavy atom. The van der Waals surface area contributed by atoms with Gasteiger partial charge in [-0.25, -0.2) is 0 Å². The number of amides is 12. The van der Waals surface area contributed by atoms with Crippen molar-refractivity contribution < 1.29 is 80.2 Å². The quantitative estimate of drug-likeness (QED) is 0.121. The average Bonchev–Trinajstić information content (AvgIpc) is 0.811. The molecule has 0 aliphatic carbocycles. The van der Waals surface area contributed by atoms with Gasteiger partial charge in [-0.15, -0.1) is 0 Å². The maximum atomic E-state index is 15.0. The highest BCUT2D eigenvalue weighted by Crippen LogP contribution is 2.35. The van der Waals surface area contributed by atoms with Crippen LogP contribution in [0.5, 0.6) is 0 Å². The summed E-state index contributed by atoms with van der Waals surface area (Å²) in [4.78, 5) is 180. The van der Waals surface area contributed by atoms with E-state index in [9.17, 15) is 70.7 Å². The lowest BCUT2D eigenvalue weighted by Crippen LogP contribution is -2.63. The second-order valence-corrected chi connectivity index (χ2v) is 29.0. The average molecular weight is 1410 g/mol. The predicted molar refractivity (Wildman–Crippen MR) is 364 cm³/mol. The third-order valence-corrected chi connectivity index (χ3v) is 17.2. The van der Waals surface area contributed by atoms with Crippen molar-refractivity contribution in [2.45, 2.75) is 208 Å². The number of aryl methyl sites for hydroxylation is 1. The molecule has 8 atom stereocenters. The summed E-state index contributed by atoms with van der Waals surface area (Å²) >= 11 is 6.10. The van der Waals surface area contributed by atoms with Gasteiger partial charge in [-0.2, -0.15) is 13.2 Å². The summed E-state index contributed by atoms with van der Waals surface area (Å²) in [7, 11) is 7.90. The van der Waals surface area contributed by atoms with Gasteiger partial charge in [-0.3, -0.25) is 57.5 Å². The number of hydrogen-bond donors (Lipinski definition) is 5. The predicted octanol–water partition coefficient (Wildman–Crippen LogP) is 4.27. The third-order valence-electron chi connectivity index (χ3n) is 16.9. The molecule has 98 heavy (non-hydrogen) atoms. The van der Waals surface area contributed by atoms with E-state index in [0.29, 0.717) is 12.8 Å². The zero-order valence-corrected chi connectivity index (χ0v) is 62.3. The summed E-state index contributed by atoms with van der Waals surface area (Å²) in [5.41, 5.74) is -3.27. The molecular weight excluding hydrogens is 1300 g/mol. The van der Waals surface area contributed by atoms with Crippen molar-refractivity contribution >= 4 is 82.5 Å². The molecule has 1 aromatic carbocycles. The van der Waals surface area contributed by atoms with Crippen molar-refractivity contribution in [1.82, 2.24) is 60.9 Å². The Morgan fingerprint density at radius 3 is 1.76 bits per heavy atom. The Bertz CT molecular complexity index is 2930. The Hall–Kier alpha value is -7.14. The number of ether oxygens (including phenoxy) is 2. The van der Waals surface area contributed by atoms with Gasteiger partial charge < -0.3 is 70.4 Å². The fraction of sp³-hybridized carbons (Fsp3) is 0.735.